The van der Waals surface area contributed by atoms with E-state index in [0.29, 0.717) is 0 Å². The number of halogens is 2. The number of rotatable bonds is 3. The van der Waals surface area contributed by atoms with Crippen molar-refractivity contribution < 1.29 is 0 Å². The van der Waals surface area contributed by atoms with Crippen molar-refractivity contribution in [1.29, 1.82) is 0 Å². The van der Waals surface area contributed by atoms with Gasteiger partial charge < -0.3 is 0 Å². The molecule has 2 rings (SSSR count). The molecule has 0 saturated carbocycles. The van der Waals surface area contributed by atoms with Crippen LogP contribution in [0, 0.1) is 13.8 Å². The molecule has 0 aliphatic rings. The van der Waals surface area contributed by atoms with E-state index in [1.807, 2.05) is 13.0 Å². The van der Waals surface area contributed by atoms with Gasteiger partial charge >= 0.3 is 0 Å². The minimum absolute atomic E-state index is 0.123. The molecule has 0 fully saturated rings. The smallest absolute Gasteiger partial charge is 0.0838 e. The summed E-state index contributed by atoms with van der Waals surface area (Å²) in [7, 11) is 0. The van der Waals surface area contributed by atoms with Crippen molar-refractivity contribution in [1.82, 2.24) is 0 Å². The fourth-order valence-corrected chi connectivity index (χ4v) is 2.78. The van der Waals surface area contributed by atoms with Gasteiger partial charge in [0.05, 0.1) is 5.38 Å². The normalized spacial score (nSPS) is 12.5. The molecule has 0 saturated heterocycles. The molecular weight excluding hydrogens is 275 g/mol. The molecule has 19 heavy (non-hydrogen) atoms. The van der Waals surface area contributed by atoms with E-state index in [1.165, 1.54) is 5.56 Å². The molecule has 1 atom stereocenters. The van der Waals surface area contributed by atoms with Gasteiger partial charge in [-0.25, -0.2) is 0 Å². The summed E-state index contributed by atoms with van der Waals surface area (Å²) < 4.78 is 0. The maximum atomic E-state index is 6.61. The summed E-state index contributed by atoms with van der Waals surface area (Å²) in [5, 5.41) is 0.674. The standard InChI is InChI=1S/C17H18Cl2/c1-4-13-5-7-14(8-6-13)17(19)15-9-12(3)16(18)10-11(15)2/h5-10,17H,4H2,1-3H3. The van der Waals surface area contributed by atoms with Crippen molar-refractivity contribution in [3.63, 3.8) is 0 Å². The molecule has 0 heterocycles. The molecule has 0 amide bonds. The Morgan fingerprint density at radius 1 is 1.00 bits per heavy atom. The fourth-order valence-electron chi connectivity index (χ4n) is 2.18. The predicted molar refractivity (Wildman–Crippen MR) is 84.4 cm³/mol. The Labute approximate surface area is 125 Å². The molecule has 0 aromatic heterocycles. The van der Waals surface area contributed by atoms with Gasteiger partial charge in [0, 0.05) is 5.02 Å². The van der Waals surface area contributed by atoms with Crippen molar-refractivity contribution in [2.45, 2.75) is 32.6 Å². The van der Waals surface area contributed by atoms with Crippen LogP contribution in [-0.2, 0) is 6.42 Å². The molecule has 0 nitrogen and oxygen atoms in total. The number of aryl methyl sites for hydroxylation is 3. The Hall–Kier alpha value is -0.980. The molecule has 0 N–H and O–H groups in total. The third-order valence-electron chi connectivity index (χ3n) is 3.50. The van der Waals surface area contributed by atoms with Gasteiger partial charge in [-0.05, 0) is 54.2 Å². The third kappa shape index (κ3) is 3.13. The summed E-state index contributed by atoms with van der Waals surface area (Å²) >= 11 is 12.7. The van der Waals surface area contributed by atoms with E-state index < -0.39 is 0 Å². The van der Waals surface area contributed by atoms with Crippen LogP contribution in [0.4, 0.5) is 0 Å². The fraction of sp³-hybridized carbons (Fsp3) is 0.294. The van der Waals surface area contributed by atoms with Crippen molar-refractivity contribution in [3.8, 4) is 0 Å². The Morgan fingerprint density at radius 3 is 2.21 bits per heavy atom. The quantitative estimate of drug-likeness (QED) is 0.623. The highest BCUT2D eigenvalue weighted by atomic mass is 35.5. The number of hydrogen-bond donors (Lipinski definition) is 0. The number of benzene rings is 2. The van der Waals surface area contributed by atoms with E-state index in [-0.39, 0.29) is 5.38 Å². The van der Waals surface area contributed by atoms with Gasteiger partial charge in [-0.15, -0.1) is 11.6 Å². The van der Waals surface area contributed by atoms with Crippen LogP contribution in [0.3, 0.4) is 0 Å². The molecule has 0 spiro atoms. The topological polar surface area (TPSA) is 0 Å². The lowest BCUT2D eigenvalue weighted by Crippen LogP contribution is -1.98. The van der Waals surface area contributed by atoms with Crippen LogP contribution in [-0.4, -0.2) is 0 Å². The molecule has 2 heteroatoms. The lowest BCUT2D eigenvalue weighted by atomic mass is 9.97. The zero-order valence-electron chi connectivity index (χ0n) is 11.5. The molecular formula is C17H18Cl2. The summed E-state index contributed by atoms with van der Waals surface area (Å²) in [4.78, 5) is 0. The van der Waals surface area contributed by atoms with Crippen LogP contribution < -0.4 is 0 Å². The van der Waals surface area contributed by atoms with E-state index in [2.05, 4.69) is 44.2 Å². The van der Waals surface area contributed by atoms with Crippen LogP contribution in [0.25, 0.3) is 0 Å². The summed E-state index contributed by atoms with van der Waals surface area (Å²) in [5.41, 5.74) is 5.79. The van der Waals surface area contributed by atoms with Crippen molar-refractivity contribution >= 4 is 23.2 Å². The van der Waals surface area contributed by atoms with Crippen LogP contribution >= 0.6 is 23.2 Å². The molecule has 2 aromatic carbocycles. The highest BCUT2D eigenvalue weighted by molar-refractivity contribution is 6.31. The highest BCUT2D eigenvalue weighted by Crippen LogP contribution is 2.33. The van der Waals surface area contributed by atoms with Crippen LogP contribution in [0.5, 0.6) is 0 Å². The van der Waals surface area contributed by atoms with E-state index in [4.69, 9.17) is 23.2 Å². The predicted octanol–water partition coefficient (Wildman–Crippen LogP) is 5.85. The van der Waals surface area contributed by atoms with E-state index in [1.54, 1.807) is 0 Å². The first-order valence-corrected chi connectivity index (χ1v) is 7.34. The molecule has 0 aliphatic carbocycles. The molecule has 1 unspecified atom stereocenters. The van der Waals surface area contributed by atoms with Gasteiger partial charge in [0.2, 0.25) is 0 Å². The van der Waals surface area contributed by atoms with Crippen LogP contribution in [0.2, 0.25) is 5.02 Å². The van der Waals surface area contributed by atoms with E-state index in [0.717, 1.165) is 33.7 Å². The van der Waals surface area contributed by atoms with Crippen molar-refractivity contribution in [2.75, 3.05) is 0 Å². The Balaban J connectivity index is 2.37. The summed E-state index contributed by atoms with van der Waals surface area (Å²) in [5.74, 6) is 0. The van der Waals surface area contributed by atoms with Crippen LogP contribution in [0.1, 0.15) is 40.1 Å². The van der Waals surface area contributed by atoms with E-state index in [9.17, 15) is 0 Å². The lowest BCUT2D eigenvalue weighted by molar-refractivity contribution is 1.08. The van der Waals surface area contributed by atoms with Gasteiger partial charge in [0.1, 0.15) is 0 Å². The maximum absolute atomic E-state index is 6.61. The zero-order chi connectivity index (χ0) is 14.0. The van der Waals surface area contributed by atoms with Crippen molar-refractivity contribution in [3.05, 3.63) is 69.2 Å². The van der Waals surface area contributed by atoms with Crippen LogP contribution in [0.15, 0.2) is 36.4 Å². The van der Waals surface area contributed by atoms with Crippen molar-refractivity contribution in [2.24, 2.45) is 0 Å². The average Bonchev–Trinajstić information content (AvgIpc) is 2.42. The van der Waals surface area contributed by atoms with Gasteiger partial charge in [-0.1, -0.05) is 48.9 Å². The zero-order valence-corrected chi connectivity index (χ0v) is 13.0. The molecule has 0 bridgehead atoms. The second-order valence-electron chi connectivity index (χ2n) is 4.92. The van der Waals surface area contributed by atoms with E-state index >= 15 is 0 Å². The highest BCUT2D eigenvalue weighted by Gasteiger charge is 2.14. The van der Waals surface area contributed by atoms with Gasteiger partial charge in [-0.3, -0.25) is 0 Å². The summed E-state index contributed by atoms with van der Waals surface area (Å²) in [6.45, 7) is 6.21. The second-order valence-corrected chi connectivity index (χ2v) is 5.76. The first-order valence-electron chi connectivity index (χ1n) is 6.52. The first kappa shape index (κ1) is 14.4. The maximum Gasteiger partial charge on any atom is 0.0838 e. The Bertz CT molecular complexity index is 571. The SMILES string of the molecule is CCc1ccc(C(Cl)c2cc(C)c(Cl)cc2C)cc1. The minimum Gasteiger partial charge on any atom is -0.113 e. The molecule has 100 valence electrons. The molecule has 0 aliphatic heterocycles. The molecule has 2 aromatic rings. The summed E-state index contributed by atoms with van der Waals surface area (Å²) in [6.07, 6.45) is 1.05. The monoisotopic (exact) mass is 292 g/mol. The first-order chi connectivity index (χ1) is 9.02. The average molecular weight is 293 g/mol. The largest absolute Gasteiger partial charge is 0.113 e. The Morgan fingerprint density at radius 2 is 1.63 bits per heavy atom. The second kappa shape index (κ2) is 5.98. The minimum atomic E-state index is -0.123. The lowest BCUT2D eigenvalue weighted by Gasteiger charge is -2.15. The Kier molecular flexibility index (Phi) is 4.54. The van der Waals surface area contributed by atoms with Gasteiger partial charge in [0.15, 0.2) is 0 Å². The van der Waals surface area contributed by atoms with Gasteiger partial charge in [0.25, 0.3) is 0 Å². The number of hydrogen-bond acceptors (Lipinski definition) is 0. The summed E-state index contributed by atoms with van der Waals surface area (Å²) in [6, 6.07) is 12.6. The van der Waals surface area contributed by atoms with Gasteiger partial charge in [-0.2, -0.15) is 0 Å². The molecule has 0 radical (unpaired) electrons. The number of alkyl halides is 1. The third-order valence-corrected chi connectivity index (χ3v) is 4.40.